The number of nitrogens with zero attached hydrogens (tertiary/aromatic N) is 3. The van der Waals surface area contributed by atoms with Gasteiger partial charge in [0.15, 0.2) is 0 Å². The third kappa shape index (κ3) is 2.41. The summed E-state index contributed by atoms with van der Waals surface area (Å²) in [6.45, 7) is 2.50. The van der Waals surface area contributed by atoms with Gasteiger partial charge in [-0.2, -0.15) is 0 Å². The van der Waals surface area contributed by atoms with Gasteiger partial charge < -0.3 is 5.73 Å². The van der Waals surface area contributed by atoms with Crippen molar-refractivity contribution < 1.29 is 0 Å². The topological polar surface area (TPSA) is 64.7 Å². The summed E-state index contributed by atoms with van der Waals surface area (Å²) in [6, 6.07) is 5.86. The summed E-state index contributed by atoms with van der Waals surface area (Å²) in [5.41, 5.74) is 8.50. The van der Waals surface area contributed by atoms with Crippen LogP contribution in [0.25, 0.3) is 11.3 Å². The largest absolute Gasteiger partial charge is 0.330 e. The predicted octanol–water partition coefficient (Wildman–Crippen LogP) is 1.35. The fourth-order valence-electron chi connectivity index (χ4n) is 1.58. The molecule has 2 aromatic heterocycles. The van der Waals surface area contributed by atoms with Gasteiger partial charge in [-0.1, -0.05) is 0 Å². The van der Waals surface area contributed by atoms with Gasteiger partial charge in [-0.15, -0.1) is 0 Å². The van der Waals surface area contributed by atoms with E-state index in [0.717, 1.165) is 29.2 Å². The highest BCUT2D eigenvalue weighted by Gasteiger charge is 2.03. The van der Waals surface area contributed by atoms with E-state index in [9.17, 15) is 0 Å². The van der Waals surface area contributed by atoms with Crippen molar-refractivity contribution in [1.29, 1.82) is 0 Å². The average Bonchev–Trinajstić information content (AvgIpc) is 2.30. The minimum atomic E-state index is 0.603. The van der Waals surface area contributed by atoms with E-state index in [1.165, 1.54) is 0 Å². The molecule has 0 aliphatic rings. The number of aromatic nitrogens is 3. The quantitative estimate of drug-likeness (QED) is 0.837. The van der Waals surface area contributed by atoms with Crippen molar-refractivity contribution in [2.45, 2.75) is 13.3 Å². The second-order valence-corrected chi connectivity index (χ2v) is 3.57. The Labute approximate surface area is 94.6 Å². The lowest BCUT2D eigenvalue weighted by molar-refractivity contribution is 0.890. The zero-order valence-corrected chi connectivity index (χ0v) is 9.22. The monoisotopic (exact) mass is 214 g/mol. The Bertz CT molecular complexity index is 468. The Morgan fingerprint density at radius 2 is 1.94 bits per heavy atom. The molecule has 4 nitrogen and oxygen atoms in total. The summed E-state index contributed by atoms with van der Waals surface area (Å²) in [7, 11) is 0. The summed E-state index contributed by atoms with van der Waals surface area (Å²) in [5.74, 6) is 0.776. The van der Waals surface area contributed by atoms with Crippen LogP contribution in [0.1, 0.15) is 11.5 Å². The van der Waals surface area contributed by atoms with Gasteiger partial charge in [0.1, 0.15) is 5.82 Å². The summed E-state index contributed by atoms with van der Waals surface area (Å²) in [6.07, 6.45) is 4.30. The van der Waals surface area contributed by atoms with Crippen molar-refractivity contribution in [3.63, 3.8) is 0 Å². The van der Waals surface area contributed by atoms with Gasteiger partial charge in [0.25, 0.3) is 0 Å². The molecule has 2 aromatic rings. The number of hydrogen-bond acceptors (Lipinski definition) is 4. The van der Waals surface area contributed by atoms with E-state index < -0.39 is 0 Å². The lowest BCUT2D eigenvalue weighted by Crippen LogP contribution is -2.06. The van der Waals surface area contributed by atoms with E-state index >= 15 is 0 Å². The van der Waals surface area contributed by atoms with Crippen molar-refractivity contribution in [2.24, 2.45) is 5.73 Å². The van der Waals surface area contributed by atoms with E-state index in [1.54, 1.807) is 12.4 Å². The SMILES string of the molecule is Cc1nc(CCN)cc(-c2ccncc2)n1. The Hall–Kier alpha value is -1.81. The predicted molar refractivity (Wildman–Crippen MR) is 62.8 cm³/mol. The number of pyridine rings is 1. The summed E-state index contributed by atoms with van der Waals surface area (Å²) in [5, 5.41) is 0. The molecule has 4 heteroatoms. The molecule has 0 saturated carbocycles. The smallest absolute Gasteiger partial charge is 0.126 e. The molecule has 2 rings (SSSR count). The average molecular weight is 214 g/mol. The maximum atomic E-state index is 5.53. The highest BCUT2D eigenvalue weighted by molar-refractivity contribution is 5.58. The molecule has 0 amide bonds. The molecule has 16 heavy (non-hydrogen) atoms. The van der Waals surface area contributed by atoms with Crippen LogP contribution in [0.4, 0.5) is 0 Å². The molecular formula is C12H14N4. The van der Waals surface area contributed by atoms with E-state index in [-0.39, 0.29) is 0 Å². The van der Waals surface area contributed by atoms with E-state index in [1.807, 2.05) is 25.1 Å². The molecule has 0 radical (unpaired) electrons. The molecule has 2 N–H and O–H groups in total. The molecule has 0 atom stereocenters. The molecule has 82 valence electrons. The maximum absolute atomic E-state index is 5.53. The van der Waals surface area contributed by atoms with Crippen LogP contribution < -0.4 is 5.73 Å². The van der Waals surface area contributed by atoms with Crippen LogP contribution >= 0.6 is 0 Å². The molecule has 0 aliphatic carbocycles. The molecular weight excluding hydrogens is 200 g/mol. The lowest BCUT2D eigenvalue weighted by atomic mass is 10.1. The first-order valence-corrected chi connectivity index (χ1v) is 5.24. The van der Waals surface area contributed by atoms with Gasteiger partial charge >= 0.3 is 0 Å². The van der Waals surface area contributed by atoms with Crippen LogP contribution in [0.5, 0.6) is 0 Å². The molecule has 0 aromatic carbocycles. The highest BCUT2D eigenvalue weighted by atomic mass is 14.9. The third-order valence-corrected chi connectivity index (χ3v) is 2.27. The molecule has 0 unspecified atom stereocenters. The normalized spacial score (nSPS) is 10.4. The molecule has 0 aliphatic heterocycles. The fraction of sp³-hybridized carbons (Fsp3) is 0.250. The Balaban J connectivity index is 2.41. The fourth-order valence-corrected chi connectivity index (χ4v) is 1.58. The Morgan fingerprint density at radius 1 is 1.19 bits per heavy atom. The van der Waals surface area contributed by atoms with Crippen molar-refractivity contribution in [3.8, 4) is 11.3 Å². The molecule has 0 spiro atoms. The second kappa shape index (κ2) is 4.81. The summed E-state index contributed by atoms with van der Waals surface area (Å²) < 4.78 is 0. The van der Waals surface area contributed by atoms with Crippen molar-refractivity contribution >= 4 is 0 Å². The van der Waals surface area contributed by atoms with Crippen molar-refractivity contribution in [3.05, 3.63) is 42.1 Å². The first-order valence-electron chi connectivity index (χ1n) is 5.24. The zero-order valence-electron chi connectivity index (χ0n) is 9.22. The first kappa shape index (κ1) is 10.7. The summed E-state index contributed by atoms with van der Waals surface area (Å²) >= 11 is 0. The van der Waals surface area contributed by atoms with Crippen LogP contribution in [0.2, 0.25) is 0 Å². The number of nitrogens with two attached hydrogens (primary N) is 1. The maximum Gasteiger partial charge on any atom is 0.126 e. The minimum Gasteiger partial charge on any atom is -0.330 e. The van der Waals surface area contributed by atoms with E-state index in [4.69, 9.17) is 5.73 Å². The van der Waals surface area contributed by atoms with Crippen LogP contribution in [-0.4, -0.2) is 21.5 Å². The molecule has 0 saturated heterocycles. The standard InChI is InChI=1S/C12H14N4/c1-9-15-11(2-5-13)8-12(16-9)10-3-6-14-7-4-10/h3-4,6-8H,2,5,13H2,1H3. The minimum absolute atomic E-state index is 0.603. The van der Waals surface area contributed by atoms with Gasteiger partial charge in [0.2, 0.25) is 0 Å². The molecule has 2 heterocycles. The Morgan fingerprint density at radius 3 is 2.62 bits per heavy atom. The highest BCUT2D eigenvalue weighted by Crippen LogP contribution is 2.16. The van der Waals surface area contributed by atoms with Crippen LogP contribution in [0.15, 0.2) is 30.6 Å². The Kier molecular flexibility index (Phi) is 3.22. The third-order valence-electron chi connectivity index (χ3n) is 2.27. The van der Waals surface area contributed by atoms with Gasteiger partial charge in [-0.05, 0) is 31.7 Å². The van der Waals surface area contributed by atoms with E-state index in [0.29, 0.717) is 6.54 Å². The van der Waals surface area contributed by atoms with Gasteiger partial charge in [0.05, 0.1) is 5.69 Å². The lowest BCUT2D eigenvalue weighted by Gasteiger charge is -2.05. The zero-order chi connectivity index (χ0) is 11.4. The van der Waals surface area contributed by atoms with Gasteiger partial charge in [0, 0.05) is 30.1 Å². The second-order valence-electron chi connectivity index (χ2n) is 3.57. The van der Waals surface area contributed by atoms with Crippen LogP contribution in [0.3, 0.4) is 0 Å². The van der Waals surface area contributed by atoms with Crippen molar-refractivity contribution in [1.82, 2.24) is 15.0 Å². The molecule has 0 bridgehead atoms. The molecule has 0 fully saturated rings. The van der Waals surface area contributed by atoms with Gasteiger partial charge in [-0.25, -0.2) is 9.97 Å². The number of hydrogen-bond donors (Lipinski definition) is 1. The van der Waals surface area contributed by atoms with Crippen LogP contribution in [0, 0.1) is 6.92 Å². The van der Waals surface area contributed by atoms with Crippen LogP contribution in [-0.2, 0) is 6.42 Å². The number of rotatable bonds is 3. The van der Waals surface area contributed by atoms with Crippen molar-refractivity contribution in [2.75, 3.05) is 6.54 Å². The number of aryl methyl sites for hydroxylation is 1. The summed E-state index contributed by atoms with van der Waals surface area (Å²) in [4.78, 5) is 12.7. The first-order chi connectivity index (χ1) is 7.79. The van der Waals surface area contributed by atoms with Gasteiger partial charge in [-0.3, -0.25) is 4.98 Å². The van der Waals surface area contributed by atoms with E-state index in [2.05, 4.69) is 15.0 Å².